The van der Waals surface area contributed by atoms with Crippen LogP contribution in [0, 0.1) is 0 Å². The maximum absolute atomic E-state index is 12.5. The van der Waals surface area contributed by atoms with Crippen molar-refractivity contribution >= 4 is 17.6 Å². The molecular weight excluding hydrogens is 328 g/mol. The largest absolute Gasteiger partial charge is 0.339 e. The van der Waals surface area contributed by atoms with Crippen LogP contribution < -0.4 is 10.6 Å². The fraction of sp³-hybridized carbons (Fsp3) is 0.350. The molecule has 2 rings (SSSR count). The number of benzene rings is 1. The van der Waals surface area contributed by atoms with E-state index < -0.39 is 0 Å². The Balaban J connectivity index is 1.89. The van der Waals surface area contributed by atoms with Gasteiger partial charge in [0.1, 0.15) is 0 Å². The lowest BCUT2D eigenvalue weighted by Gasteiger charge is -2.21. The van der Waals surface area contributed by atoms with Gasteiger partial charge in [-0.15, -0.1) is 0 Å². The lowest BCUT2D eigenvalue weighted by molar-refractivity contribution is 0.0755. The number of carbonyl (C=O) groups is 2. The molecule has 0 aliphatic rings. The number of aromatic nitrogens is 1. The average molecular weight is 354 g/mol. The van der Waals surface area contributed by atoms with E-state index in [1.54, 1.807) is 36.7 Å². The summed E-state index contributed by atoms with van der Waals surface area (Å²) in [5, 5.41) is 5.55. The van der Waals surface area contributed by atoms with Crippen molar-refractivity contribution in [3.8, 4) is 0 Å². The molecule has 6 nitrogen and oxygen atoms in total. The van der Waals surface area contributed by atoms with Gasteiger partial charge in [-0.05, 0) is 54.8 Å². The lowest BCUT2D eigenvalue weighted by Crippen LogP contribution is -2.32. The molecule has 0 unspecified atom stereocenters. The number of carbonyl (C=O) groups excluding carboxylic acids is 2. The highest BCUT2D eigenvalue weighted by atomic mass is 16.2. The van der Waals surface area contributed by atoms with E-state index in [1.807, 2.05) is 17.0 Å². The Labute approximate surface area is 154 Å². The van der Waals surface area contributed by atoms with Gasteiger partial charge in [0.05, 0.1) is 0 Å². The van der Waals surface area contributed by atoms with Crippen molar-refractivity contribution in [3.05, 3.63) is 59.9 Å². The van der Waals surface area contributed by atoms with Crippen molar-refractivity contribution in [2.24, 2.45) is 0 Å². The topological polar surface area (TPSA) is 74.3 Å². The maximum Gasteiger partial charge on any atom is 0.319 e. The number of anilines is 1. The zero-order chi connectivity index (χ0) is 18.8. The number of urea groups is 1. The molecule has 0 radical (unpaired) electrons. The lowest BCUT2D eigenvalue weighted by atomic mass is 10.1. The highest BCUT2D eigenvalue weighted by molar-refractivity contribution is 5.95. The summed E-state index contributed by atoms with van der Waals surface area (Å²) in [5.74, 6) is 0.0300. The van der Waals surface area contributed by atoms with Gasteiger partial charge in [-0.3, -0.25) is 9.78 Å². The monoisotopic (exact) mass is 354 g/mol. The summed E-state index contributed by atoms with van der Waals surface area (Å²) < 4.78 is 0. The molecule has 0 aliphatic heterocycles. The first-order valence-corrected chi connectivity index (χ1v) is 8.97. The number of hydrogen-bond acceptors (Lipinski definition) is 3. The van der Waals surface area contributed by atoms with E-state index in [1.165, 1.54) is 0 Å². The first-order chi connectivity index (χ1) is 12.6. The number of nitrogens with one attached hydrogen (secondary N) is 2. The summed E-state index contributed by atoms with van der Waals surface area (Å²) in [5.41, 5.74) is 2.25. The molecule has 6 heteroatoms. The van der Waals surface area contributed by atoms with Gasteiger partial charge in [0, 0.05) is 43.3 Å². The van der Waals surface area contributed by atoms with Gasteiger partial charge in [-0.25, -0.2) is 4.79 Å². The SMILES string of the molecule is CCCN(CCC)C(=O)c1ccc(NC(=O)NCc2ccncc2)cc1. The fourth-order valence-electron chi connectivity index (χ4n) is 2.59. The standard InChI is InChI=1S/C20H26N4O2/c1-3-13-24(14-4-2)19(25)17-5-7-18(8-6-17)23-20(26)22-15-16-9-11-21-12-10-16/h5-12H,3-4,13-15H2,1-2H3,(H2,22,23,26). The van der Waals surface area contributed by atoms with E-state index >= 15 is 0 Å². The van der Waals surface area contributed by atoms with Gasteiger partial charge in [-0.1, -0.05) is 13.8 Å². The van der Waals surface area contributed by atoms with Crippen molar-refractivity contribution in [1.82, 2.24) is 15.2 Å². The van der Waals surface area contributed by atoms with Crippen molar-refractivity contribution in [2.45, 2.75) is 33.2 Å². The Morgan fingerprint density at radius 1 is 0.962 bits per heavy atom. The van der Waals surface area contributed by atoms with Crippen LogP contribution in [0.15, 0.2) is 48.8 Å². The summed E-state index contributed by atoms with van der Waals surface area (Å²) in [6.07, 6.45) is 5.24. The van der Waals surface area contributed by atoms with Gasteiger partial charge in [0.15, 0.2) is 0 Å². The van der Waals surface area contributed by atoms with Crippen LogP contribution in [0.3, 0.4) is 0 Å². The number of hydrogen-bond donors (Lipinski definition) is 2. The minimum Gasteiger partial charge on any atom is -0.339 e. The fourth-order valence-corrected chi connectivity index (χ4v) is 2.59. The predicted molar refractivity (Wildman–Crippen MR) is 103 cm³/mol. The first-order valence-electron chi connectivity index (χ1n) is 8.97. The van der Waals surface area contributed by atoms with Crippen LogP contribution in [0.25, 0.3) is 0 Å². The summed E-state index contributed by atoms with van der Waals surface area (Å²) >= 11 is 0. The third-order valence-electron chi connectivity index (χ3n) is 3.87. The zero-order valence-electron chi connectivity index (χ0n) is 15.4. The van der Waals surface area contributed by atoms with Crippen LogP contribution in [-0.2, 0) is 6.54 Å². The van der Waals surface area contributed by atoms with E-state index in [9.17, 15) is 9.59 Å². The van der Waals surface area contributed by atoms with E-state index in [2.05, 4.69) is 29.5 Å². The van der Waals surface area contributed by atoms with Crippen LogP contribution in [0.5, 0.6) is 0 Å². The summed E-state index contributed by atoms with van der Waals surface area (Å²) in [7, 11) is 0. The number of rotatable bonds is 8. The van der Waals surface area contributed by atoms with Crippen molar-refractivity contribution in [3.63, 3.8) is 0 Å². The highest BCUT2D eigenvalue weighted by Gasteiger charge is 2.14. The minimum absolute atomic E-state index is 0.0300. The van der Waals surface area contributed by atoms with Crippen LogP contribution >= 0.6 is 0 Å². The average Bonchev–Trinajstić information content (AvgIpc) is 2.67. The normalized spacial score (nSPS) is 10.2. The highest BCUT2D eigenvalue weighted by Crippen LogP contribution is 2.12. The molecule has 1 heterocycles. The summed E-state index contributed by atoms with van der Waals surface area (Å²) in [6, 6.07) is 10.4. The molecule has 138 valence electrons. The van der Waals surface area contributed by atoms with Gasteiger partial charge in [-0.2, -0.15) is 0 Å². The van der Waals surface area contributed by atoms with E-state index in [4.69, 9.17) is 0 Å². The van der Waals surface area contributed by atoms with Crippen molar-refractivity contribution in [2.75, 3.05) is 18.4 Å². The number of pyridine rings is 1. The summed E-state index contributed by atoms with van der Waals surface area (Å²) in [6.45, 7) is 6.06. The van der Waals surface area contributed by atoms with E-state index in [0.717, 1.165) is 31.5 Å². The summed E-state index contributed by atoms with van der Waals surface area (Å²) in [4.78, 5) is 30.3. The Morgan fingerprint density at radius 3 is 2.15 bits per heavy atom. The van der Waals surface area contributed by atoms with Crippen LogP contribution in [0.4, 0.5) is 10.5 Å². The van der Waals surface area contributed by atoms with E-state index in [-0.39, 0.29) is 11.9 Å². The molecule has 0 saturated heterocycles. The molecule has 0 saturated carbocycles. The first kappa shape index (κ1) is 19.4. The van der Waals surface area contributed by atoms with Crippen LogP contribution in [0.1, 0.15) is 42.6 Å². The predicted octanol–water partition coefficient (Wildman–Crippen LogP) is 3.67. The molecule has 0 aliphatic carbocycles. The Kier molecular flexibility index (Phi) is 7.61. The smallest absolute Gasteiger partial charge is 0.319 e. The number of nitrogens with zero attached hydrogens (tertiary/aromatic N) is 2. The molecule has 1 aromatic carbocycles. The molecule has 0 bridgehead atoms. The molecule has 0 atom stereocenters. The van der Waals surface area contributed by atoms with Gasteiger partial charge in [0.25, 0.3) is 5.91 Å². The van der Waals surface area contributed by atoms with Gasteiger partial charge >= 0.3 is 6.03 Å². The molecule has 3 amide bonds. The van der Waals surface area contributed by atoms with Crippen LogP contribution in [-0.4, -0.2) is 34.9 Å². The second-order valence-electron chi connectivity index (χ2n) is 6.03. The minimum atomic E-state index is -0.292. The van der Waals surface area contributed by atoms with E-state index in [0.29, 0.717) is 17.8 Å². The zero-order valence-corrected chi connectivity index (χ0v) is 15.4. The Morgan fingerprint density at radius 2 is 1.58 bits per heavy atom. The molecule has 0 spiro atoms. The second-order valence-corrected chi connectivity index (χ2v) is 6.03. The number of amides is 3. The molecule has 2 N–H and O–H groups in total. The van der Waals surface area contributed by atoms with Crippen molar-refractivity contribution < 1.29 is 9.59 Å². The van der Waals surface area contributed by atoms with Gasteiger partial charge in [0.2, 0.25) is 0 Å². The molecule has 1 aromatic heterocycles. The molecule has 26 heavy (non-hydrogen) atoms. The third kappa shape index (κ3) is 5.88. The Bertz CT molecular complexity index is 696. The second kappa shape index (κ2) is 10.2. The molecule has 0 fully saturated rings. The Hall–Kier alpha value is -2.89. The quantitative estimate of drug-likeness (QED) is 0.760. The molecular formula is C20H26N4O2. The molecule has 2 aromatic rings. The van der Waals surface area contributed by atoms with Crippen molar-refractivity contribution in [1.29, 1.82) is 0 Å². The van der Waals surface area contributed by atoms with Gasteiger partial charge < -0.3 is 15.5 Å². The third-order valence-corrected chi connectivity index (χ3v) is 3.87. The van der Waals surface area contributed by atoms with Crippen LogP contribution in [0.2, 0.25) is 0 Å². The maximum atomic E-state index is 12.5.